The van der Waals surface area contributed by atoms with Crippen LogP contribution in [0.3, 0.4) is 0 Å². The standard InChI is InChI=1S/C60H38N4O2S.C60H40N2O2S/c65-67(66,43-31-25-39(26-32-43)61-57-23-11-5-17-49(57)51-37-41(29-35-59(51)61)63-53-19-7-1-13-45(53)46-14-2-8-20-54(46)63)44-33-27-40(28-34-44)62-58-24-12-6-18-50(58)52-38-42(30-36-60(52)62)64-55-21-9-3-15-47(55)48-16-4-10-22-56(48)64;63-65(64,51-29-25-49(26-30-51)61-57-33-21-45(41-13-5-1-6-14-41)37-53(57)54-38-46(22-34-58(54)61)42-15-7-2-8-16-42)52-31-27-50(28-32-52)62-59-35-23-47(43-17-9-3-10-18-43)39-55(59)56-40-48(24-36-60(56)62)44-19-11-4-12-20-44/h1-38H;1-40H. The molecule has 0 fully saturated rings. The summed E-state index contributed by atoms with van der Waals surface area (Å²) in [5.41, 5.74) is 27.9. The lowest BCUT2D eigenvalue weighted by Gasteiger charge is -2.12. The minimum atomic E-state index is -3.84. The Morgan fingerprint density at radius 2 is 0.280 bits per heavy atom. The molecule has 0 saturated carbocycles. The topological polar surface area (TPSA) is 97.9 Å². The molecule has 6 heterocycles. The Morgan fingerprint density at radius 3 is 0.500 bits per heavy atom. The van der Waals surface area contributed by atoms with Crippen LogP contribution in [0.4, 0.5) is 0 Å². The van der Waals surface area contributed by atoms with Gasteiger partial charge in [-0.2, -0.15) is 0 Å². The zero-order chi connectivity index (χ0) is 87.9. The molecule has 6 aromatic heterocycles. The van der Waals surface area contributed by atoms with Crippen LogP contribution in [0.25, 0.3) is 209 Å². The first-order valence-corrected chi connectivity index (χ1v) is 47.3. The van der Waals surface area contributed by atoms with Crippen LogP contribution in [-0.2, 0) is 19.7 Å². The highest BCUT2D eigenvalue weighted by Gasteiger charge is 2.26. The minimum Gasteiger partial charge on any atom is -0.309 e. The predicted molar refractivity (Wildman–Crippen MR) is 544 cm³/mol. The maximum Gasteiger partial charge on any atom is 0.206 e. The molecule has 624 valence electrons. The summed E-state index contributed by atoms with van der Waals surface area (Å²) in [5.74, 6) is 0. The summed E-state index contributed by atoms with van der Waals surface area (Å²) in [6.45, 7) is 0. The van der Waals surface area contributed by atoms with Crippen LogP contribution in [0.5, 0.6) is 0 Å². The van der Waals surface area contributed by atoms with E-state index in [1.54, 1.807) is 48.5 Å². The molecule has 0 bridgehead atoms. The molecule has 0 amide bonds. The molecule has 0 aliphatic heterocycles. The summed E-state index contributed by atoms with van der Waals surface area (Å²) in [4.78, 5) is 0.971. The quantitative estimate of drug-likeness (QED) is 0.108. The Bertz CT molecular complexity index is 8550. The minimum absolute atomic E-state index is 0.242. The van der Waals surface area contributed by atoms with Crippen LogP contribution in [0.2, 0.25) is 0 Å². The van der Waals surface area contributed by atoms with Gasteiger partial charge in [-0.1, -0.05) is 255 Å². The molecule has 0 N–H and O–H groups in total. The van der Waals surface area contributed by atoms with Crippen molar-refractivity contribution in [1.82, 2.24) is 27.4 Å². The third-order valence-electron chi connectivity index (χ3n) is 26.6. The van der Waals surface area contributed by atoms with E-state index in [0.717, 1.165) is 188 Å². The number of nitrogens with zero attached hydrogens (tertiary/aromatic N) is 6. The molecule has 20 aromatic carbocycles. The van der Waals surface area contributed by atoms with Gasteiger partial charge < -0.3 is 27.4 Å². The lowest BCUT2D eigenvalue weighted by Crippen LogP contribution is -2.03. The summed E-state index contributed by atoms with van der Waals surface area (Å²) in [6, 6.07) is 162. The van der Waals surface area contributed by atoms with Gasteiger partial charge in [0, 0.05) is 98.8 Å². The molecule has 132 heavy (non-hydrogen) atoms. The van der Waals surface area contributed by atoms with Crippen molar-refractivity contribution in [2.24, 2.45) is 0 Å². The average Bonchev–Trinajstić information content (AvgIpc) is 1.59. The first kappa shape index (κ1) is 77.4. The molecule has 0 radical (unpaired) electrons. The van der Waals surface area contributed by atoms with Gasteiger partial charge in [-0.3, -0.25) is 0 Å². The number of hydrogen-bond acceptors (Lipinski definition) is 4. The third kappa shape index (κ3) is 12.7. The zero-order valence-corrected chi connectivity index (χ0v) is 72.8. The van der Waals surface area contributed by atoms with Gasteiger partial charge >= 0.3 is 0 Å². The maximum atomic E-state index is 14.4. The van der Waals surface area contributed by atoms with Crippen molar-refractivity contribution in [1.29, 1.82) is 0 Å². The average molecular weight is 1730 g/mol. The Balaban J connectivity index is 0.000000142. The molecule has 10 nitrogen and oxygen atoms in total. The van der Waals surface area contributed by atoms with Crippen molar-refractivity contribution in [3.63, 3.8) is 0 Å². The lowest BCUT2D eigenvalue weighted by atomic mass is 10.0. The Labute approximate surface area is 760 Å². The molecular weight excluding hydrogens is 1650 g/mol. The molecule has 0 aliphatic rings. The van der Waals surface area contributed by atoms with Crippen molar-refractivity contribution in [3.05, 3.63) is 473 Å². The van der Waals surface area contributed by atoms with Gasteiger partial charge in [0.15, 0.2) is 0 Å². The molecule has 0 atom stereocenters. The van der Waals surface area contributed by atoms with E-state index in [9.17, 15) is 16.8 Å². The molecular formula is C120H78N6O4S2. The van der Waals surface area contributed by atoms with Crippen LogP contribution in [0.15, 0.2) is 493 Å². The van der Waals surface area contributed by atoms with Crippen LogP contribution in [0.1, 0.15) is 0 Å². The number of rotatable bonds is 14. The number of aromatic nitrogens is 6. The van der Waals surface area contributed by atoms with Crippen LogP contribution >= 0.6 is 0 Å². The van der Waals surface area contributed by atoms with Crippen molar-refractivity contribution in [2.45, 2.75) is 19.6 Å². The van der Waals surface area contributed by atoms with Gasteiger partial charge in [-0.15, -0.1) is 0 Å². The smallest absolute Gasteiger partial charge is 0.206 e. The largest absolute Gasteiger partial charge is 0.309 e. The van der Waals surface area contributed by atoms with Gasteiger partial charge in [0.2, 0.25) is 19.7 Å². The number of hydrogen-bond donors (Lipinski definition) is 0. The lowest BCUT2D eigenvalue weighted by molar-refractivity contribution is 0.594. The van der Waals surface area contributed by atoms with E-state index in [1.165, 1.54) is 21.5 Å². The number of fused-ring (bicyclic) bond motifs is 18. The third-order valence-corrected chi connectivity index (χ3v) is 30.1. The Morgan fingerprint density at radius 1 is 0.121 bits per heavy atom. The van der Waals surface area contributed by atoms with Crippen LogP contribution in [0, 0.1) is 0 Å². The van der Waals surface area contributed by atoms with Gasteiger partial charge in [0.25, 0.3) is 0 Å². The fourth-order valence-corrected chi connectivity index (χ4v) is 22.9. The van der Waals surface area contributed by atoms with Gasteiger partial charge in [0.05, 0.1) is 85.8 Å². The van der Waals surface area contributed by atoms with Gasteiger partial charge in [-0.25, -0.2) is 16.8 Å². The number of para-hydroxylation sites is 6. The van der Waals surface area contributed by atoms with E-state index in [2.05, 4.69) is 379 Å². The van der Waals surface area contributed by atoms with Gasteiger partial charge in [-0.05, 0) is 263 Å². The molecule has 0 unspecified atom stereocenters. The van der Waals surface area contributed by atoms with E-state index in [1.807, 2.05) is 72.8 Å². The van der Waals surface area contributed by atoms with Crippen molar-refractivity contribution in [2.75, 3.05) is 0 Å². The molecule has 0 spiro atoms. The normalized spacial score (nSPS) is 12.1. The summed E-state index contributed by atoms with van der Waals surface area (Å²) < 4.78 is 71.0. The second-order valence-corrected chi connectivity index (χ2v) is 37.8. The first-order chi connectivity index (χ1) is 65.0. The molecule has 12 heteroatoms. The van der Waals surface area contributed by atoms with E-state index in [-0.39, 0.29) is 19.6 Å². The van der Waals surface area contributed by atoms with E-state index in [0.29, 0.717) is 0 Å². The van der Waals surface area contributed by atoms with E-state index >= 15 is 0 Å². The summed E-state index contributed by atoms with van der Waals surface area (Å²) >= 11 is 0. The first-order valence-electron chi connectivity index (χ1n) is 44.3. The second-order valence-electron chi connectivity index (χ2n) is 33.9. The highest BCUT2D eigenvalue weighted by molar-refractivity contribution is 7.91. The monoisotopic (exact) mass is 1730 g/mol. The molecule has 26 rings (SSSR count). The fourth-order valence-electron chi connectivity index (χ4n) is 20.4. The summed E-state index contributed by atoms with van der Waals surface area (Å²) in [5, 5.41) is 13.9. The molecule has 0 saturated heterocycles. The summed E-state index contributed by atoms with van der Waals surface area (Å²) in [7, 11) is -7.68. The predicted octanol–water partition coefficient (Wildman–Crippen LogP) is 30.3. The highest BCUT2D eigenvalue weighted by Crippen LogP contribution is 2.45. The van der Waals surface area contributed by atoms with Crippen molar-refractivity contribution in [3.8, 4) is 78.6 Å². The SMILES string of the molecule is O=S(=O)(c1ccc(-n2c3ccc(-c4ccccc4)cc3c3cc(-c4ccccc4)ccc32)cc1)c1ccc(-n2c3ccc(-c4ccccc4)cc3c3cc(-c4ccccc4)ccc32)cc1.O=S(=O)(c1ccc(-n2c3ccccc3c3cc(-n4c5ccccc5c5ccccc54)ccc32)cc1)c1ccc(-n2c3ccccc3c3cc(-n4c5ccccc5c5ccccc54)ccc32)cc1. The van der Waals surface area contributed by atoms with Crippen molar-refractivity contribution < 1.29 is 16.8 Å². The number of benzene rings is 20. The van der Waals surface area contributed by atoms with Crippen LogP contribution < -0.4 is 0 Å². The zero-order valence-electron chi connectivity index (χ0n) is 71.2. The Hall–Kier alpha value is -16.9. The number of sulfone groups is 2. The fraction of sp³-hybridized carbons (Fsp3) is 0. The summed E-state index contributed by atoms with van der Waals surface area (Å²) in [6.07, 6.45) is 0. The molecule has 0 aliphatic carbocycles. The van der Waals surface area contributed by atoms with E-state index < -0.39 is 19.7 Å². The Kier molecular flexibility index (Phi) is 18.2. The van der Waals surface area contributed by atoms with Gasteiger partial charge in [0.1, 0.15) is 0 Å². The highest BCUT2D eigenvalue weighted by atomic mass is 32.2. The second kappa shape index (κ2) is 31.0. The molecule has 26 aromatic rings. The van der Waals surface area contributed by atoms with Crippen LogP contribution in [-0.4, -0.2) is 44.2 Å². The van der Waals surface area contributed by atoms with Crippen molar-refractivity contribution >= 4 is 151 Å². The maximum absolute atomic E-state index is 14.4. The van der Waals surface area contributed by atoms with E-state index in [4.69, 9.17) is 0 Å².